The molecule has 0 aliphatic carbocycles. The second kappa shape index (κ2) is 8.74. The average molecular weight is 298 g/mol. The molecule has 0 saturated carbocycles. The van der Waals surface area contributed by atoms with Gasteiger partial charge < -0.3 is 15.3 Å². The van der Waals surface area contributed by atoms with E-state index in [-0.39, 0.29) is 0 Å². The Morgan fingerprint density at radius 1 is 1.38 bits per heavy atom. The molecule has 0 aromatic heterocycles. The third-order valence-corrected chi connectivity index (χ3v) is 4.89. The highest BCUT2D eigenvalue weighted by molar-refractivity contribution is 5.78. The van der Waals surface area contributed by atoms with Crippen LogP contribution >= 0.6 is 0 Å². The Kier molecular flexibility index (Phi) is 7.67. The van der Waals surface area contributed by atoms with Crippen LogP contribution < -0.4 is 5.32 Å². The van der Waals surface area contributed by atoms with Gasteiger partial charge in [0.2, 0.25) is 0 Å². The molecule has 21 heavy (non-hydrogen) atoms. The first kappa shape index (κ1) is 18.4. The highest BCUT2D eigenvalue weighted by Crippen LogP contribution is 2.23. The van der Waals surface area contributed by atoms with Gasteiger partial charge in [-0.15, -0.1) is 0 Å². The van der Waals surface area contributed by atoms with Gasteiger partial charge in [0, 0.05) is 6.04 Å². The van der Waals surface area contributed by atoms with E-state index in [1.54, 1.807) is 0 Å². The van der Waals surface area contributed by atoms with E-state index in [0.29, 0.717) is 12.5 Å². The van der Waals surface area contributed by atoms with Crippen LogP contribution in [0.2, 0.25) is 0 Å². The molecule has 2 N–H and O–H groups in total. The van der Waals surface area contributed by atoms with Crippen LogP contribution in [0.1, 0.15) is 66.2 Å². The Hall–Kier alpha value is -0.610. The Morgan fingerprint density at radius 2 is 2.10 bits per heavy atom. The van der Waals surface area contributed by atoms with Crippen molar-refractivity contribution in [3.8, 4) is 0 Å². The molecular weight excluding hydrogens is 264 g/mol. The Labute approximate surface area is 130 Å². The SMILES string of the molecule is CCCNC(C)(CCCCN1CCC(C)CC1C)C(=O)O. The number of likely N-dealkylation sites (tertiary alicyclic amines) is 1. The quantitative estimate of drug-likeness (QED) is 0.642. The van der Waals surface area contributed by atoms with Gasteiger partial charge in [0.05, 0.1) is 0 Å². The second-order valence-electron chi connectivity index (χ2n) is 7.04. The zero-order chi connectivity index (χ0) is 15.9. The summed E-state index contributed by atoms with van der Waals surface area (Å²) in [7, 11) is 0. The lowest BCUT2D eigenvalue weighted by Crippen LogP contribution is -2.49. The standard InChI is InChI=1S/C17H34N2O2/c1-5-10-18-17(4,16(20)21)9-6-7-11-19-12-8-14(2)13-15(19)3/h14-15,18H,5-13H2,1-4H3,(H,20,21). The van der Waals surface area contributed by atoms with Gasteiger partial charge >= 0.3 is 5.97 Å². The van der Waals surface area contributed by atoms with E-state index in [1.165, 1.54) is 19.4 Å². The van der Waals surface area contributed by atoms with Gasteiger partial charge in [-0.2, -0.15) is 0 Å². The van der Waals surface area contributed by atoms with Gasteiger partial charge in [0.1, 0.15) is 5.54 Å². The number of hydrogen-bond acceptors (Lipinski definition) is 3. The molecule has 4 nitrogen and oxygen atoms in total. The molecular formula is C17H34N2O2. The van der Waals surface area contributed by atoms with Crippen molar-refractivity contribution in [1.82, 2.24) is 10.2 Å². The summed E-state index contributed by atoms with van der Waals surface area (Å²) in [4.78, 5) is 14.0. The fraction of sp³-hybridized carbons (Fsp3) is 0.941. The van der Waals surface area contributed by atoms with Gasteiger partial charge in [-0.3, -0.25) is 4.79 Å². The van der Waals surface area contributed by atoms with E-state index in [4.69, 9.17) is 0 Å². The molecule has 0 aromatic rings. The fourth-order valence-electron chi connectivity index (χ4n) is 3.25. The summed E-state index contributed by atoms with van der Waals surface area (Å²) in [5.41, 5.74) is -0.766. The topological polar surface area (TPSA) is 52.6 Å². The molecule has 1 aliphatic rings. The lowest BCUT2D eigenvalue weighted by Gasteiger charge is -2.36. The minimum atomic E-state index is -0.766. The van der Waals surface area contributed by atoms with Crippen molar-refractivity contribution in [2.24, 2.45) is 5.92 Å². The van der Waals surface area contributed by atoms with E-state index in [2.05, 4.69) is 31.0 Å². The first-order chi connectivity index (χ1) is 9.89. The van der Waals surface area contributed by atoms with E-state index < -0.39 is 11.5 Å². The van der Waals surface area contributed by atoms with Crippen molar-refractivity contribution in [2.45, 2.75) is 77.8 Å². The maximum absolute atomic E-state index is 11.4. The second-order valence-corrected chi connectivity index (χ2v) is 7.04. The smallest absolute Gasteiger partial charge is 0.323 e. The molecule has 1 heterocycles. The van der Waals surface area contributed by atoms with Crippen molar-refractivity contribution in [2.75, 3.05) is 19.6 Å². The van der Waals surface area contributed by atoms with Crippen molar-refractivity contribution in [3.63, 3.8) is 0 Å². The minimum absolute atomic E-state index is 0.679. The Morgan fingerprint density at radius 3 is 2.67 bits per heavy atom. The third-order valence-electron chi connectivity index (χ3n) is 4.89. The number of aliphatic carboxylic acids is 1. The van der Waals surface area contributed by atoms with Gasteiger partial charge in [-0.1, -0.05) is 13.8 Å². The zero-order valence-electron chi connectivity index (χ0n) is 14.3. The number of unbranched alkanes of at least 4 members (excludes halogenated alkanes) is 1. The largest absolute Gasteiger partial charge is 0.480 e. The number of carboxylic acids is 1. The fourth-order valence-corrected chi connectivity index (χ4v) is 3.25. The molecule has 0 spiro atoms. The molecule has 0 aromatic carbocycles. The molecule has 4 heteroatoms. The zero-order valence-corrected chi connectivity index (χ0v) is 14.3. The number of hydrogen-bond donors (Lipinski definition) is 2. The molecule has 0 radical (unpaired) electrons. The Balaban J connectivity index is 2.29. The number of carbonyl (C=O) groups is 1. The van der Waals surface area contributed by atoms with Crippen LogP contribution in [-0.2, 0) is 4.79 Å². The molecule has 1 fully saturated rings. The molecule has 1 rings (SSSR count). The maximum Gasteiger partial charge on any atom is 0.323 e. The van der Waals surface area contributed by atoms with Gasteiger partial charge in [-0.05, 0) is 77.9 Å². The number of rotatable bonds is 9. The molecule has 1 saturated heterocycles. The first-order valence-electron chi connectivity index (χ1n) is 8.61. The summed E-state index contributed by atoms with van der Waals surface area (Å²) < 4.78 is 0. The van der Waals surface area contributed by atoms with Gasteiger partial charge in [-0.25, -0.2) is 0 Å². The summed E-state index contributed by atoms with van der Waals surface area (Å²) >= 11 is 0. The Bertz CT molecular complexity index is 322. The van der Waals surface area contributed by atoms with E-state index in [9.17, 15) is 9.90 Å². The van der Waals surface area contributed by atoms with Crippen LogP contribution in [0.25, 0.3) is 0 Å². The van der Waals surface area contributed by atoms with Crippen LogP contribution in [-0.4, -0.2) is 47.2 Å². The summed E-state index contributed by atoms with van der Waals surface area (Å²) in [6.07, 6.45) is 6.33. The third kappa shape index (κ3) is 5.95. The molecule has 124 valence electrons. The van der Waals surface area contributed by atoms with Crippen molar-refractivity contribution < 1.29 is 9.90 Å². The van der Waals surface area contributed by atoms with E-state index >= 15 is 0 Å². The first-order valence-corrected chi connectivity index (χ1v) is 8.61. The summed E-state index contributed by atoms with van der Waals surface area (Å²) in [6, 6.07) is 0.679. The number of piperidine rings is 1. The summed E-state index contributed by atoms with van der Waals surface area (Å²) in [5.74, 6) is 0.126. The van der Waals surface area contributed by atoms with Crippen LogP contribution in [0, 0.1) is 5.92 Å². The highest BCUT2D eigenvalue weighted by Gasteiger charge is 2.31. The predicted octanol–water partition coefficient (Wildman–Crippen LogP) is 3.12. The molecule has 3 atom stereocenters. The number of carboxylic acid groups (broad SMARTS) is 1. The van der Waals surface area contributed by atoms with E-state index in [0.717, 1.165) is 38.3 Å². The van der Waals surface area contributed by atoms with Crippen molar-refractivity contribution >= 4 is 5.97 Å². The summed E-state index contributed by atoms with van der Waals surface area (Å²) in [6.45, 7) is 11.6. The summed E-state index contributed by atoms with van der Waals surface area (Å²) in [5, 5.41) is 12.6. The van der Waals surface area contributed by atoms with Gasteiger partial charge in [0.15, 0.2) is 0 Å². The number of nitrogens with one attached hydrogen (secondary N) is 1. The minimum Gasteiger partial charge on any atom is -0.480 e. The van der Waals surface area contributed by atoms with Crippen LogP contribution in [0.4, 0.5) is 0 Å². The lowest BCUT2D eigenvalue weighted by atomic mass is 9.92. The maximum atomic E-state index is 11.4. The molecule has 1 aliphatic heterocycles. The monoisotopic (exact) mass is 298 g/mol. The normalized spacial score (nSPS) is 26.5. The van der Waals surface area contributed by atoms with Crippen LogP contribution in [0.15, 0.2) is 0 Å². The average Bonchev–Trinajstić information content (AvgIpc) is 2.43. The van der Waals surface area contributed by atoms with E-state index in [1.807, 2.05) is 6.92 Å². The highest BCUT2D eigenvalue weighted by atomic mass is 16.4. The predicted molar refractivity (Wildman–Crippen MR) is 87.6 cm³/mol. The lowest BCUT2D eigenvalue weighted by molar-refractivity contribution is -0.144. The number of nitrogens with zero attached hydrogens (tertiary/aromatic N) is 1. The van der Waals surface area contributed by atoms with Crippen LogP contribution in [0.5, 0.6) is 0 Å². The van der Waals surface area contributed by atoms with Crippen molar-refractivity contribution in [3.05, 3.63) is 0 Å². The molecule has 3 unspecified atom stereocenters. The van der Waals surface area contributed by atoms with Crippen molar-refractivity contribution in [1.29, 1.82) is 0 Å². The molecule has 0 amide bonds. The van der Waals surface area contributed by atoms with Crippen LogP contribution in [0.3, 0.4) is 0 Å². The molecule has 0 bridgehead atoms. The van der Waals surface area contributed by atoms with Gasteiger partial charge in [0.25, 0.3) is 0 Å².